The van der Waals surface area contributed by atoms with Crippen molar-refractivity contribution in [2.45, 2.75) is 13.3 Å². The second-order valence-electron chi connectivity index (χ2n) is 6.69. The molecule has 136 valence electrons. The van der Waals surface area contributed by atoms with Crippen molar-refractivity contribution in [3.05, 3.63) is 35.0 Å². The van der Waals surface area contributed by atoms with Gasteiger partial charge in [0.25, 0.3) is 0 Å². The monoisotopic (exact) mass is 354 g/mol. The van der Waals surface area contributed by atoms with Crippen LogP contribution in [-0.4, -0.2) is 65.1 Å². The molecule has 1 saturated heterocycles. The van der Waals surface area contributed by atoms with E-state index in [1.807, 2.05) is 24.1 Å². The van der Waals surface area contributed by atoms with Crippen molar-refractivity contribution in [3.63, 3.8) is 0 Å². The summed E-state index contributed by atoms with van der Waals surface area (Å²) < 4.78 is 0. The minimum Gasteiger partial charge on any atom is -0.306 e. The molecule has 0 atom stereocenters. The Kier molecular flexibility index (Phi) is 4.21. The van der Waals surface area contributed by atoms with Gasteiger partial charge in [-0.05, 0) is 19.5 Å². The van der Waals surface area contributed by atoms with Crippen LogP contribution in [0.4, 0.5) is 10.5 Å². The van der Waals surface area contributed by atoms with E-state index in [0.29, 0.717) is 28.9 Å². The number of aryl methyl sites for hydroxylation is 1. The van der Waals surface area contributed by atoms with E-state index in [4.69, 9.17) is 0 Å². The highest BCUT2D eigenvalue weighted by molar-refractivity contribution is 6.25. The van der Waals surface area contributed by atoms with Crippen LogP contribution >= 0.6 is 0 Å². The lowest BCUT2D eigenvalue weighted by atomic mass is 10.1. The number of aromatic amines is 1. The number of likely N-dealkylation sites (N-methyl/N-ethyl adjacent to an activating group) is 1. The normalized spacial score (nSPS) is 17.1. The van der Waals surface area contributed by atoms with Crippen molar-refractivity contribution in [3.8, 4) is 11.3 Å². The van der Waals surface area contributed by atoms with Gasteiger partial charge in [0.1, 0.15) is 5.69 Å². The lowest BCUT2D eigenvalue weighted by molar-refractivity contribution is 0.104. The lowest BCUT2D eigenvalue weighted by Gasteiger charge is -2.32. The van der Waals surface area contributed by atoms with Crippen LogP contribution in [0.3, 0.4) is 0 Å². The molecule has 2 aromatic rings. The van der Waals surface area contributed by atoms with Gasteiger partial charge in [0.15, 0.2) is 5.78 Å². The average molecular weight is 354 g/mol. The highest BCUT2D eigenvalue weighted by atomic mass is 16.2. The number of amides is 2. The van der Waals surface area contributed by atoms with Crippen LogP contribution in [0.2, 0.25) is 0 Å². The Labute approximate surface area is 151 Å². The van der Waals surface area contributed by atoms with E-state index in [9.17, 15) is 9.59 Å². The van der Waals surface area contributed by atoms with Crippen LogP contribution in [0.15, 0.2) is 18.2 Å². The van der Waals surface area contributed by atoms with Crippen LogP contribution < -0.4 is 10.7 Å². The average Bonchev–Trinajstić information content (AvgIpc) is 3.17. The number of H-pyrrole nitrogens is 1. The number of urea groups is 1. The number of ketones is 1. The number of piperazine rings is 1. The summed E-state index contributed by atoms with van der Waals surface area (Å²) in [5.41, 5.74) is 6.77. The summed E-state index contributed by atoms with van der Waals surface area (Å²) in [6, 6.07) is 5.11. The minimum absolute atomic E-state index is 0.0869. The largest absolute Gasteiger partial charge is 0.333 e. The number of nitrogens with one attached hydrogen (secondary N) is 3. The number of aromatic nitrogens is 2. The Balaban J connectivity index is 1.54. The third-order valence-electron chi connectivity index (χ3n) is 4.98. The lowest BCUT2D eigenvalue weighted by Crippen LogP contribution is -2.53. The number of fused-ring (bicyclic) bond motifs is 3. The molecule has 2 heterocycles. The maximum absolute atomic E-state index is 12.9. The molecular formula is C18H22N6O2. The van der Waals surface area contributed by atoms with Gasteiger partial charge in [-0.25, -0.2) is 9.80 Å². The standard InChI is InChI=1S/C18H22N6O2/c1-3-12-15-16(21-20-12)11-5-4-6-13(14(11)17(15)25)19-18(26)22-24-9-7-23(2)8-10-24/h4-6H,3,7-10H2,1-2H3,(H,20,21)(H2,19,22,26). The first-order valence-corrected chi connectivity index (χ1v) is 8.85. The van der Waals surface area contributed by atoms with Gasteiger partial charge >= 0.3 is 6.03 Å². The molecule has 2 aliphatic rings. The molecule has 26 heavy (non-hydrogen) atoms. The zero-order valence-corrected chi connectivity index (χ0v) is 14.9. The molecule has 1 aliphatic carbocycles. The fourth-order valence-corrected chi connectivity index (χ4v) is 3.51. The summed E-state index contributed by atoms with van der Waals surface area (Å²) in [5, 5.41) is 11.9. The van der Waals surface area contributed by atoms with Crippen molar-refractivity contribution in [1.82, 2.24) is 25.5 Å². The molecule has 1 aromatic heterocycles. The van der Waals surface area contributed by atoms with Gasteiger partial charge in [0.2, 0.25) is 0 Å². The molecule has 1 aliphatic heterocycles. The first-order chi connectivity index (χ1) is 12.6. The number of rotatable bonds is 3. The number of benzene rings is 1. The van der Waals surface area contributed by atoms with E-state index < -0.39 is 0 Å². The summed E-state index contributed by atoms with van der Waals surface area (Å²) >= 11 is 0. The summed E-state index contributed by atoms with van der Waals surface area (Å²) in [5.74, 6) is -0.0869. The van der Waals surface area contributed by atoms with Crippen molar-refractivity contribution in [2.24, 2.45) is 0 Å². The SMILES string of the molecule is CCc1[nH]nc2c1C(=O)c1c(NC(=O)NN3CCN(C)CC3)cccc1-2. The molecule has 2 amide bonds. The molecule has 0 bridgehead atoms. The van der Waals surface area contributed by atoms with Crippen molar-refractivity contribution in [1.29, 1.82) is 0 Å². The van der Waals surface area contributed by atoms with E-state index in [1.54, 1.807) is 6.07 Å². The van der Waals surface area contributed by atoms with Crippen molar-refractivity contribution >= 4 is 17.5 Å². The van der Waals surface area contributed by atoms with Crippen molar-refractivity contribution in [2.75, 3.05) is 38.5 Å². The van der Waals surface area contributed by atoms with E-state index in [2.05, 4.69) is 32.9 Å². The second-order valence-corrected chi connectivity index (χ2v) is 6.69. The molecule has 3 N–H and O–H groups in total. The number of hydrogen-bond acceptors (Lipinski definition) is 5. The van der Waals surface area contributed by atoms with E-state index >= 15 is 0 Å². The number of anilines is 1. The molecule has 1 fully saturated rings. The number of carbonyl (C=O) groups is 2. The Hall–Kier alpha value is -2.71. The topological polar surface area (TPSA) is 93.4 Å². The molecule has 4 rings (SSSR count). The Morgan fingerprint density at radius 1 is 1.23 bits per heavy atom. The summed E-state index contributed by atoms with van der Waals surface area (Å²) in [6.07, 6.45) is 0.703. The highest BCUT2D eigenvalue weighted by Crippen LogP contribution is 2.40. The highest BCUT2D eigenvalue weighted by Gasteiger charge is 2.34. The third kappa shape index (κ3) is 2.77. The van der Waals surface area contributed by atoms with Gasteiger partial charge in [0, 0.05) is 37.4 Å². The molecule has 8 heteroatoms. The summed E-state index contributed by atoms with van der Waals surface area (Å²) in [4.78, 5) is 27.5. The van der Waals surface area contributed by atoms with E-state index in [0.717, 1.165) is 37.4 Å². The van der Waals surface area contributed by atoms with Gasteiger partial charge in [-0.15, -0.1) is 0 Å². The van der Waals surface area contributed by atoms with Gasteiger partial charge < -0.3 is 10.2 Å². The Morgan fingerprint density at radius 2 is 2.00 bits per heavy atom. The van der Waals surface area contributed by atoms with Crippen molar-refractivity contribution < 1.29 is 9.59 Å². The fraction of sp³-hybridized carbons (Fsp3) is 0.389. The van der Waals surface area contributed by atoms with Crippen LogP contribution in [0.5, 0.6) is 0 Å². The number of nitrogens with zero attached hydrogens (tertiary/aromatic N) is 3. The maximum atomic E-state index is 12.9. The third-order valence-corrected chi connectivity index (χ3v) is 4.98. The van der Waals surface area contributed by atoms with Crippen LogP contribution in [0.25, 0.3) is 11.3 Å². The van der Waals surface area contributed by atoms with Crippen LogP contribution in [-0.2, 0) is 6.42 Å². The molecule has 0 unspecified atom stereocenters. The zero-order chi connectivity index (χ0) is 18.3. The predicted octanol–water partition coefficient (Wildman–Crippen LogP) is 1.47. The Bertz CT molecular complexity index is 867. The van der Waals surface area contributed by atoms with Gasteiger partial charge in [-0.1, -0.05) is 19.1 Å². The Morgan fingerprint density at radius 3 is 2.73 bits per heavy atom. The first kappa shape index (κ1) is 16.7. The van der Waals surface area contributed by atoms with Gasteiger partial charge in [0.05, 0.1) is 16.8 Å². The zero-order valence-electron chi connectivity index (χ0n) is 14.9. The summed E-state index contributed by atoms with van der Waals surface area (Å²) in [6.45, 7) is 5.32. The van der Waals surface area contributed by atoms with E-state index in [1.165, 1.54) is 0 Å². The second kappa shape index (κ2) is 6.54. The van der Waals surface area contributed by atoms with Gasteiger partial charge in [-0.2, -0.15) is 5.10 Å². The summed E-state index contributed by atoms with van der Waals surface area (Å²) in [7, 11) is 2.06. The molecule has 0 radical (unpaired) electrons. The minimum atomic E-state index is -0.336. The molecule has 0 spiro atoms. The van der Waals surface area contributed by atoms with Crippen LogP contribution in [0.1, 0.15) is 28.5 Å². The quantitative estimate of drug-likeness (QED) is 0.662. The molecule has 8 nitrogen and oxygen atoms in total. The number of carbonyl (C=O) groups excluding carboxylic acids is 2. The van der Waals surface area contributed by atoms with Gasteiger partial charge in [-0.3, -0.25) is 15.3 Å². The number of hydrazine groups is 1. The molecule has 1 aromatic carbocycles. The van der Waals surface area contributed by atoms with E-state index in [-0.39, 0.29) is 11.8 Å². The predicted molar refractivity (Wildman–Crippen MR) is 98.1 cm³/mol. The number of hydrogen-bond donors (Lipinski definition) is 3. The maximum Gasteiger partial charge on any atom is 0.333 e. The van der Waals surface area contributed by atoms with Crippen LogP contribution in [0, 0.1) is 0 Å². The first-order valence-electron chi connectivity index (χ1n) is 8.85. The molecule has 0 saturated carbocycles. The fourth-order valence-electron chi connectivity index (χ4n) is 3.51. The molecular weight excluding hydrogens is 332 g/mol. The smallest absolute Gasteiger partial charge is 0.306 e.